The van der Waals surface area contributed by atoms with Crippen LogP contribution in [0, 0.1) is 13.8 Å². The molecule has 5 nitrogen and oxygen atoms in total. The summed E-state index contributed by atoms with van der Waals surface area (Å²) in [5.74, 6) is -0.280. The summed E-state index contributed by atoms with van der Waals surface area (Å²) in [4.78, 5) is 12.9. The first-order chi connectivity index (χ1) is 12.7. The van der Waals surface area contributed by atoms with E-state index in [1.165, 1.54) is 10.4 Å². The van der Waals surface area contributed by atoms with Gasteiger partial charge in [-0.1, -0.05) is 49.7 Å². The van der Waals surface area contributed by atoms with Crippen LogP contribution in [0.4, 0.5) is 0 Å². The predicted octanol–water partition coefficient (Wildman–Crippen LogP) is 3.82. The van der Waals surface area contributed by atoms with Crippen LogP contribution >= 0.6 is 0 Å². The maximum Gasteiger partial charge on any atom is 0.252 e. The van der Waals surface area contributed by atoms with Crippen LogP contribution < -0.4 is 5.32 Å². The van der Waals surface area contributed by atoms with Crippen molar-refractivity contribution in [1.29, 1.82) is 0 Å². The van der Waals surface area contributed by atoms with Gasteiger partial charge in [-0.15, -0.1) is 0 Å². The minimum absolute atomic E-state index is 0.143. The number of carbonyl (C=O) groups is 1. The van der Waals surface area contributed by atoms with Gasteiger partial charge in [-0.3, -0.25) is 4.79 Å². The lowest BCUT2D eigenvalue weighted by molar-refractivity contribution is 0.0939. The first kappa shape index (κ1) is 21.1. The number of nitrogens with zero attached hydrogens (tertiary/aromatic N) is 1. The van der Waals surface area contributed by atoms with Crippen LogP contribution in [-0.2, 0) is 10.0 Å². The molecule has 0 bridgehead atoms. The van der Waals surface area contributed by atoms with Crippen molar-refractivity contribution in [2.45, 2.75) is 45.6 Å². The Hall–Kier alpha value is -2.18. The zero-order chi connectivity index (χ0) is 20.2. The van der Waals surface area contributed by atoms with E-state index in [2.05, 4.69) is 5.32 Å². The van der Waals surface area contributed by atoms with Gasteiger partial charge in [0.2, 0.25) is 10.0 Å². The van der Waals surface area contributed by atoms with Gasteiger partial charge in [-0.2, -0.15) is 4.31 Å². The Morgan fingerprint density at radius 2 is 1.63 bits per heavy atom. The molecule has 146 valence electrons. The molecule has 1 amide bonds. The Morgan fingerprint density at radius 3 is 2.19 bits per heavy atom. The van der Waals surface area contributed by atoms with Gasteiger partial charge < -0.3 is 5.32 Å². The molecule has 1 atom stereocenters. The van der Waals surface area contributed by atoms with Crippen LogP contribution in [0.15, 0.2) is 47.4 Å². The molecule has 2 aromatic rings. The number of rotatable bonds is 7. The van der Waals surface area contributed by atoms with E-state index in [9.17, 15) is 13.2 Å². The van der Waals surface area contributed by atoms with Crippen molar-refractivity contribution < 1.29 is 13.2 Å². The summed E-state index contributed by atoms with van der Waals surface area (Å²) in [7, 11) is -3.61. The van der Waals surface area contributed by atoms with Gasteiger partial charge in [-0.25, -0.2) is 8.42 Å². The Bertz CT molecular complexity index is 902. The zero-order valence-corrected chi connectivity index (χ0v) is 17.4. The zero-order valence-electron chi connectivity index (χ0n) is 16.6. The van der Waals surface area contributed by atoms with Crippen LogP contribution in [0.1, 0.15) is 53.9 Å². The highest BCUT2D eigenvalue weighted by Crippen LogP contribution is 2.21. The lowest BCUT2D eigenvalue weighted by atomic mass is 10.0. The highest BCUT2D eigenvalue weighted by atomic mass is 32.2. The van der Waals surface area contributed by atoms with E-state index < -0.39 is 10.0 Å². The minimum atomic E-state index is -3.61. The van der Waals surface area contributed by atoms with E-state index in [0.29, 0.717) is 18.7 Å². The van der Waals surface area contributed by atoms with E-state index in [4.69, 9.17) is 0 Å². The van der Waals surface area contributed by atoms with Crippen molar-refractivity contribution >= 4 is 15.9 Å². The quantitative estimate of drug-likeness (QED) is 0.784. The molecule has 2 rings (SSSR count). The predicted molar refractivity (Wildman–Crippen MR) is 108 cm³/mol. The van der Waals surface area contributed by atoms with Gasteiger partial charge in [0.15, 0.2) is 0 Å². The van der Waals surface area contributed by atoms with Crippen LogP contribution in [-0.4, -0.2) is 31.7 Å². The standard InChI is InChI=1S/C21H28N2O3S/c1-6-23(7-2)27(25,26)19-13-10-16(4)20(14-19)21(24)22-17(5)18-11-8-15(3)9-12-18/h8-14,17H,6-7H2,1-5H3,(H,22,24). The van der Waals surface area contributed by atoms with Crippen molar-refractivity contribution in [3.05, 3.63) is 64.7 Å². The lowest BCUT2D eigenvalue weighted by Gasteiger charge is -2.20. The first-order valence-corrected chi connectivity index (χ1v) is 10.6. The minimum Gasteiger partial charge on any atom is -0.346 e. The van der Waals surface area contributed by atoms with Crippen LogP contribution in [0.25, 0.3) is 0 Å². The second kappa shape index (κ2) is 8.67. The van der Waals surface area contributed by atoms with Gasteiger partial charge in [0.1, 0.15) is 0 Å². The summed E-state index contributed by atoms with van der Waals surface area (Å²) in [6, 6.07) is 12.5. The largest absolute Gasteiger partial charge is 0.346 e. The number of carbonyl (C=O) groups excluding carboxylic acids is 1. The summed E-state index contributed by atoms with van der Waals surface area (Å²) in [5.41, 5.74) is 3.27. The highest BCUT2D eigenvalue weighted by molar-refractivity contribution is 7.89. The van der Waals surface area contributed by atoms with Crippen molar-refractivity contribution in [1.82, 2.24) is 9.62 Å². The highest BCUT2D eigenvalue weighted by Gasteiger charge is 2.23. The molecule has 0 fully saturated rings. The number of sulfonamides is 1. The molecular weight excluding hydrogens is 360 g/mol. The molecule has 0 spiro atoms. The van der Waals surface area contributed by atoms with Crippen molar-refractivity contribution in [3.63, 3.8) is 0 Å². The van der Waals surface area contributed by atoms with Crippen LogP contribution in [0.3, 0.4) is 0 Å². The molecule has 0 aromatic heterocycles. The Labute approximate surface area is 162 Å². The fourth-order valence-electron chi connectivity index (χ4n) is 2.93. The molecular formula is C21H28N2O3S. The molecule has 0 radical (unpaired) electrons. The summed E-state index contributed by atoms with van der Waals surface area (Å²) in [6.07, 6.45) is 0. The molecule has 0 heterocycles. The molecule has 0 aliphatic heterocycles. The fraction of sp³-hybridized carbons (Fsp3) is 0.381. The lowest BCUT2D eigenvalue weighted by Crippen LogP contribution is -2.31. The second-order valence-corrected chi connectivity index (χ2v) is 8.61. The molecule has 27 heavy (non-hydrogen) atoms. The molecule has 0 aliphatic rings. The third-order valence-corrected chi connectivity index (χ3v) is 6.77. The molecule has 2 aromatic carbocycles. The average Bonchev–Trinajstić information content (AvgIpc) is 2.63. The second-order valence-electron chi connectivity index (χ2n) is 6.67. The topological polar surface area (TPSA) is 66.5 Å². The van der Waals surface area contributed by atoms with Gasteiger partial charge in [0.25, 0.3) is 5.91 Å². The number of nitrogens with one attached hydrogen (secondary N) is 1. The summed E-state index contributed by atoms with van der Waals surface area (Å²) in [6.45, 7) is 10.1. The average molecular weight is 389 g/mol. The maximum absolute atomic E-state index is 12.8. The van der Waals surface area contributed by atoms with E-state index in [-0.39, 0.29) is 16.8 Å². The third-order valence-electron chi connectivity index (χ3n) is 4.72. The normalized spacial score (nSPS) is 12.8. The smallest absolute Gasteiger partial charge is 0.252 e. The number of aryl methyl sites for hydroxylation is 2. The number of hydrogen-bond acceptors (Lipinski definition) is 3. The van der Waals surface area contributed by atoms with Crippen molar-refractivity contribution in [2.24, 2.45) is 0 Å². The number of hydrogen-bond donors (Lipinski definition) is 1. The van der Waals surface area contributed by atoms with E-state index in [1.807, 2.05) is 38.1 Å². The van der Waals surface area contributed by atoms with E-state index in [0.717, 1.165) is 16.7 Å². The molecule has 0 saturated heterocycles. The van der Waals surface area contributed by atoms with E-state index in [1.54, 1.807) is 32.9 Å². The van der Waals surface area contributed by atoms with Gasteiger partial charge >= 0.3 is 0 Å². The van der Waals surface area contributed by atoms with Crippen molar-refractivity contribution in [3.8, 4) is 0 Å². The van der Waals surface area contributed by atoms with E-state index >= 15 is 0 Å². The molecule has 6 heteroatoms. The van der Waals surface area contributed by atoms with Gasteiger partial charge in [-0.05, 0) is 44.0 Å². The van der Waals surface area contributed by atoms with Gasteiger partial charge in [0, 0.05) is 18.7 Å². The fourth-order valence-corrected chi connectivity index (χ4v) is 4.42. The molecule has 0 saturated carbocycles. The van der Waals surface area contributed by atoms with Crippen LogP contribution in [0.5, 0.6) is 0 Å². The summed E-state index contributed by atoms with van der Waals surface area (Å²) < 4.78 is 26.9. The molecule has 1 unspecified atom stereocenters. The Morgan fingerprint density at radius 1 is 1.04 bits per heavy atom. The summed E-state index contributed by atoms with van der Waals surface area (Å²) >= 11 is 0. The monoisotopic (exact) mass is 388 g/mol. The maximum atomic E-state index is 12.8. The molecule has 0 aliphatic carbocycles. The Balaban J connectivity index is 2.30. The number of amides is 1. The van der Waals surface area contributed by atoms with Gasteiger partial charge in [0.05, 0.1) is 10.9 Å². The number of benzene rings is 2. The van der Waals surface area contributed by atoms with Crippen LogP contribution in [0.2, 0.25) is 0 Å². The molecule has 1 N–H and O–H groups in total. The Kier molecular flexibility index (Phi) is 6.78. The SMILES string of the molecule is CCN(CC)S(=O)(=O)c1ccc(C)c(C(=O)NC(C)c2ccc(C)cc2)c1. The summed E-state index contributed by atoms with van der Waals surface area (Å²) in [5, 5.41) is 2.96. The van der Waals surface area contributed by atoms with Crippen molar-refractivity contribution in [2.75, 3.05) is 13.1 Å². The first-order valence-electron chi connectivity index (χ1n) is 9.18. The third kappa shape index (κ3) is 4.76.